The molecule has 26 heavy (non-hydrogen) atoms. The maximum atomic E-state index is 12.1. The summed E-state index contributed by atoms with van der Waals surface area (Å²) in [5, 5.41) is 22.1. The normalized spacial score (nSPS) is 11.9. The van der Waals surface area contributed by atoms with Gasteiger partial charge in [-0.25, -0.2) is 0 Å². The third-order valence-corrected chi connectivity index (χ3v) is 4.15. The zero-order chi connectivity index (χ0) is 18.7. The van der Waals surface area contributed by atoms with Gasteiger partial charge in [0, 0.05) is 28.4 Å². The number of H-pyrrole nitrogens is 1. The molecule has 3 aromatic rings. The molecule has 0 aliphatic rings. The Labute approximate surface area is 149 Å². The van der Waals surface area contributed by atoms with Gasteiger partial charge in [0.05, 0.1) is 7.11 Å². The lowest BCUT2D eigenvalue weighted by Gasteiger charge is -2.17. The van der Waals surface area contributed by atoms with E-state index < -0.39 is 24.4 Å². The molecule has 1 atom stereocenters. The van der Waals surface area contributed by atoms with Gasteiger partial charge in [-0.1, -0.05) is 18.2 Å². The van der Waals surface area contributed by atoms with Crippen LogP contribution >= 0.6 is 0 Å². The van der Waals surface area contributed by atoms with Crippen molar-refractivity contribution in [1.82, 2.24) is 4.98 Å². The molecule has 0 bridgehead atoms. The van der Waals surface area contributed by atoms with Gasteiger partial charge in [-0.15, -0.1) is 0 Å². The van der Waals surface area contributed by atoms with E-state index in [1.807, 2.05) is 24.3 Å². The number of nitrogens with one attached hydrogen (secondary N) is 2. The van der Waals surface area contributed by atoms with E-state index in [1.165, 1.54) is 7.11 Å². The van der Waals surface area contributed by atoms with Gasteiger partial charge in [-0.3, -0.25) is 9.59 Å². The summed E-state index contributed by atoms with van der Waals surface area (Å²) in [4.78, 5) is 26.6. The summed E-state index contributed by atoms with van der Waals surface area (Å²) >= 11 is 0. The standard InChI is InChI=1S/C19H18N2O5/c1-26-16-7-6-11(21-17(23)10-22)8-13(16)18(19(24)25)14-9-20-15-5-3-2-4-12(14)15/h2-9,18,20,22H,10H2,1H3,(H,21,23)(H,24,25). The second-order valence-corrected chi connectivity index (χ2v) is 5.72. The Hall–Kier alpha value is -3.32. The van der Waals surface area contributed by atoms with Crippen molar-refractivity contribution in [3.63, 3.8) is 0 Å². The molecule has 0 aliphatic carbocycles. The number of aliphatic carboxylic acids is 1. The van der Waals surface area contributed by atoms with Crippen LogP contribution in [0.25, 0.3) is 10.9 Å². The summed E-state index contributed by atoms with van der Waals surface area (Å²) in [6.45, 7) is -0.661. The first-order valence-electron chi connectivity index (χ1n) is 7.92. The summed E-state index contributed by atoms with van der Waals surface area (Å²) in [5.74, 6) is -2.23. The molecule has 0 radical (unpaired) electrons. The number of carbonyl (C=O) groups is 2. The summed E-state index contributed by atoms with van der Waals surface area (Å²) in [6, 6.07) is 12.1. The number of methoxy groups -OCH3 is 1. The van der Waals surface area contributed by atoms with Crippen molar-refractivity contribution in [1.29, 1.82) is 0 Å². The third-order valence-electron chi connectivity index (χ3n) is 4.15. The van der Waals surface area contributed by atoms with E-state index in [9.17, 15) is 14.7 Å². The molecule has 1 unspecified atom stereocenters. The SMILES string of the molecule is COc1ccc(NC(=O)CO)cc1C(C(=O)O)c1c[nH]c2ccccc12. The Morgan fingerprint density at radius 1 is 1.19 bits per heavy atom. The average molecular weight is 354 g/mol. The number of carboxylic acid groups (broad SMARTS) is 1. The fourth-order valence-electron chi connectivity index (χ4n) is 3.00. The van der Waals surface area contributed by atoms with E-state index in [1.54, 1.807) is 24.4 Å². The first kappa shape index (κ1) is 17.5. The highest BCUT2D eigenvalue weighted by Gasteiger charge is 2.28. The molecule has 4 N–H and O–H groups in total. The van der Waals surface area contributed by atoms with Crippen molar-refractivity contribution >= 4 is 28.5 Å². The average Bonchev–Trinajstić information content (AvgIpc) is 3.06. The van der Waals surface area contributed by atoms with Crippen molar-refractivity contribution in [3.05, 3.63) is 59.8 Å². The van der Waals surface area contributed by atoms with E-state index in [0.29, 0.717) is 22.6 Å². The molecular formula is C19H18N2O5. The number of ether oxygens (including phenoxy) is 1. The predicted octanol–water partition coefficient (Wildman–Crippen LogP) is 2.32. The first-order valence-corrected chi connectivity index (χ1v) is 7.92. The van der Waals surface area contributed by atoms with E-state index in [0.717, 1.165) is 10.9 Å². The third kappa shape index (κ3) is 3.25. The minimum atomic E-state index is -1.04. The number of carbonyl (C=O) groups excluding carboxylic acids is 1. The topological polar surface area (TPSA) is 112 Å². The van der Waals surface area contributed by atoms with Crippen LogP contribution in [0.4, 0.5) is 5.69 Å². The van der Waals surface area contributed by atoms with Crippen molar-refractivity contribution in [3.8, 4) is 5.75 Å². The number of para-hydroxylation sites is 1. The highest BCUT2D eigenvalue weighted by Crippen LogP contribution is 2.37. The van der Waals surface area contributed by atoms with Crippen LogP contribution in [0.3, 0.4) is 0 Å². The summed E-state index contributed by atoms with van der Waals surface area (Å²) in [7, 11) is 1.46. The number of hydrogen-bond acceptors (Lipinski definition) is 4. The van der Waals surface area contributed by atoms with Crippen LogP contribution in [0.2, 0.25) is 0 Å². The molecule has 0 saturated heterocycles. The Bertz CT molecular complexity index is 963. The molecule has 0 saturated carbocycles. The van der Waals surface area contributed by atoms with Gasteiger partial charge >= 0.3 is 5.97 Å². The molecule has 7 heteroatoms. The van der Waals surface area contributed by atoms with Crippen LogP contribution in [0.1, 0.15) is 17.0 Å². The molecule has 2 aromatic carbocycles. The maximum Gasteiger partial charge on any atom is 0.315 e. The van der Waals surface area contributed by atoms with E-state index in [2.05, 4.69) is 10.3 Å². The van der Waals surface area contributed by atoms with E-state index in [4.69, 9.17) is 9.84 Å². The van der Waals surface area contributed by atoms with Crippen LogP contribution in [0.15, 0.2) is 48.7 Å². The molecule has 1 aromatic heterocycles. The lowest BCUT2D eigenvalue weighted by Crippen LogP contribution is -2.17. The maximum absolute atomic E-state index is 12.1. The Kier molecular flexibility index (Phi) is 4.90. The highest BCUT2D eigenvalue weighted by atomic mass is 16.5. The van der Waals surface area contributed by atoms with E-state index >= 15 is 0 Å². The Morgan fingerprint density at radius 3 is 2.65 bits per heavy atom. The molecule has 1 amide bonds. The second kappa shape index (κ2) is 7.28. The van der Waals surface area contributed by atoms with Crippen molar-refractivity contribution in [2.45, 2.75) is 5.92 Å². The molecule has 0 aliphatic heterocycles. The first-order chi connectivity index (χ1) is 12.5. The number of aromatic amines is 1. The number of benzene rings is 2. The van der Waals surface area contributed by atoms with Gasteiger partial charge in [-0.05, 0) is 29.8 Å². The minimum Gasteiger partial charge on any atom is -0.496 e. The number of fused-ring (bicyclic) bond motifs is 1. The van der Waals surface area contributed by atoms with E-state index in [-0.39, 0.29) is 0 Å². The van der Waals surface area contributed by atoms with Gasteiger partial charge in [0.25, 0.3) is 0 Å². The molecular weight excluding hydrogens is 336 g/mol. The zero-order valence-electron chi connectivity index (χ0n) is 14.0. The number of amides is 1. The fraction of sp³-hybridized carbons (Fsp3) is 0.158. The van der Waals surface area contributed by atoms with Crippen molar-refractivity contribution in [2.75, 3.05) is 19.0 Å². The number of aromatic nitrogens is 1. The highest BCUT2D eigenvalue weighted by molar-refractivity contribution is 5.94. The summed E-state index contributed by atoms with van der Waals surface area (Å²) in [6.07, 6.45) is 1.67. The van der Waals surface area contributed by atoms with Crippen LogP contribution in [-0.2, 0) is 9.59 Å². The van der Waals surface area contributed by atoms with Crippen LogP contribution in [0, 0.1) is 0 Å². The second-order valence-electron chi connectivity index (χ2n) is 5.72. The van der Waals surface area contributed by atoms with Gasteiger partial charge in [0.2, 0.25) is 5.91 Å². The number of rotatable bonds is 6. The minimum absolute atomic E-state index is 0.381. The smallest absolute Gasteiger partial charge is 0.315 e. The molecule has 0 fully saturated rings. The molecule has 1 heterocycles. The van der Waals surface area contributed by atoms with Crippen molar-refractivity contribution < 1.29 is 24.5 Å². The fourth-order valence-corrected chi connectivity index (χ4v) is 3.00. The van der Waals surface area contributed by atoms with Gasteiger partial charge in [0.15, 0.2) is 0 Å². The number of aliphatic hydroxyl groups is 1. The Balaban J connectivity index is 2.14. The lowest BCUT2D eigenvalue weighted by molar-refractivity contribution is -0.137. The molecule has 7 nitrogen and oxygen atoms in total. The van der Waals surface area contributed by atoms with Crippen molar-refractivity contribution in [2.24, 2.45) is 0 Å². The summed E-state index contributed by atoms with van der Waals surface area (Å²) < 4.78 is 5.34. The molecule has 134 valence electrons. The predicted molar refractivity (Wildman–Crippen MR) is 96.5 cm³/mol. The summed E-state index contributed by atoms with van der Waals surface area (Å²) in [5.41, 5.74) is 2.21. The van der Waals surface area contributed by atoms with Crippen LogP contribution in [0.5, 0.6) is 5.75 Å². The monoisotopic (exact) mass is 354 g/mol. The zero-order valence-corrected chi connectivity index (χ0v) is 14.0. The number of hydrogen-bond donors (Lipinski definition) is 4. The number of anilines is 1. The Morgan fingerprint density at radius 2 is 1.96 bits per heavy atom. The largest absolute Gasteiger partial charge is 0.496 e. The number of aliphatic hydroxyl groups excluding tert-OH is 1. The molecule has 0 spiro atoms. The van der Waals surface area contributed by atoms with Gasteiger partial charge in [-0.2, -0.15) is 0 Å². The van der Waals surface area contributed by atoms with Gasteiger partial charge < -0.3 is 25.3 Å². The molecule has 3 rings (SSSR count). The van der Waals surface area contributed by atoms with Gasteiger partial charge in [0.1, 0.15) is 18.3 Å². The lowest BCUT2D eigenvalue weighted by atomic mass is 9.90. The van der Waals surface area contributed by atoms with Crippen LogP contribution in [-0.4, -0.2) is 40.8 Å². The number of carboxylic acids is 1. The quantitative estimate of drug-likeness (QED) is 0.543. The van der Waals surface area contributed by atoms with Crippen LogP contribution < -0.4 is 10.1 Å².